The van der Waals surface area contributed by atoms with E-state index in [1.165, 1.54) is 12.2 Å². The number of fused-ring (bicyclic) bond motifs is 2. The Morgan fingerprint density at radius 3 is 1.61 bits per heavy atom. The maximum absolute atomic E-state index is 11.9. The molecule has 0 radical (unpaired) electrons. The van der Waals surface area contributed by atoms with Gasteiger partial charge >= 0.3 is 0 Å². The topological polar surface area (TPSA) is 107 Å². The summed E-state index contributed by atoms with van der Waals surface area (Å²) in [6, 6.07) is 11.0. The zero-order valence-corrected chi connectivity index (χ0v) is 18.0. The first kappa shape index (κ1) is 22.2. The molecule has 4 rings (SSSR count). The van der Waals surface area contributed by atoms with Gasteiger partial charge in [0.25, 0.3) is 0 Å². The fourth-order valence-corrected chi connectivity index (χ4v) is 3.17. The van der Waals surface area contributed by atoms with Gasteiger partial charge in [0.1, 0.15) is 0 Å². The van der Waals surface area contributed by atoms with Gasteiger partial charge in [0.2, 0.25) is 25.4 Å². The van der Waals surface area contributed by atoms with E-state index >= 15 is 0 Å². The molecule has 2 heterocycles. The molecule has 0 atom stereocenters. The van der Waals surface area contributed by atoms with Crippen molar-refractivity contribution >= 4 is 24.0 Å². The molecule has 0 fully saturated rings. The summed E-state index contributed by atoms with van der Waals surface area (Å²) in [6.07, 6.45) is 6.39. The van der Waals surface area contributed by atoms with E-state index in [9.17, 15) is 9.59 Å². The monoisotopic (exact) mass is 451 g/mol. The molecule has 9 heteroatoms. The highest BCUT2D eigenvalue weighted by Gasteiger charge is 2.13. The molecule has 33 heavy (non-hydrogen) atoms. The molecule has 172 valence electrons. The van der Waals surface area contributed by atoms with Crippen molar-refractivity contribution in [2.24, 2.45) is 0 Å². The lowest BCUT2D eigenvalue weighted by Crippen LogP contribution is -2.35. The number of carbonyl (C=O) groups is 2. The van der Waals surface area contributed by atoms with Gasteiger partial charge in [0, 0.05) is 38.3 Å². The van der Waals surface area contributed by atoms with Crippen LogP contribution in [-0.4, -0.2) is 51.6 Å². The lowest BCUT2D eigenvalue weighted by molar-refractivity contribution is -0.117. The molecule has 0 spiro atoms. The zero-order chi connectivity index (χ0) is 22.9. The predicted octanol–water partition coefficient (Wildman–Crippen LogP) is 1.69. The van der Waals surface area contributed by atoms with E-state index < -0.39 is 0 Å². The van der Waals surface area contributed by atoms with E-state index in [1.807, 2.05) is 36.4 Å². The Labute approximate surface area is 191 Å². The molecule has 0 aromatic heterocycles. The summed E-state index contributed by atoms with van der Waals surface area (Å²) in [5.74, 6) is 2.40. The van der Waals surface area contributed by atoms with Crippen LogP contribution in [0.1, 0.15) is 11.1 Å². The molecule has 0 saturated heterocycles. The fraction of sp³-hybridized carbons (Fsp3) is 0.250. The van der Waals surface area contributed by atoms with Gasteiger partial charge in [-0.15, -0.1) is 0 Å². The van der Waals surface area contributed by atoms with Gasteiger partial charge in [-0.25, -0.2) is 0 Å². The molecule has 9 nitrogen and oxygen atoms in total. The summed E-state index contributed by atoms with van der Waals surface area (Å²) in [4.78, 5) is 23.8. The first-order valence-electron chi connectivity index (χ1n) is 10.6. The third-order valence-electron chi connectivity index (χ3n) is 4.85. The van der Waals surface area contributed by atoms with Crippen LogP contribution in [-0.2, 0) is 9.59 Å². The fourth-order valence-electron chi connectivity index (χ4n) is 3.17. The van der Waals surface area contributed by atoms with Gasteiger partial charge < -0.3 is 34.9 Å². The Balaban J connectivity index is 1.05. The Morgan fingerprint density at radius 2 is 1.12 bits per heavy atom. The number of hydrogen-bond acceptors (Lipinski definition) is 7. The predicted molar refractivity (Wildman–Crippen MR) is 122 cm³/mol. The average Bonchev–Trinajstić information content (AvgIpc) is 3.49. The molecule has 0 saturated carbocycles. The number of amides is 2. The number of hydrogen-bond donors (Lipinski definition) is 3. The highest BCUT2D eigenvalue weighted by molar-refractivity contribution is 5.92. The minimum atomic E-state index is -0.184. The lowest BCUT2D eigenvalue weighted by Gasteiger charge is -2.06. The van der Waals surface area contributed by atoms with Gasteiger partial charge in [-0.3, -0.25) is 9.59 Å². The van der Waals surface area contributed by atoms with Crippen LogP contribution in [0.15, 0.2) is 48.6 Å². The maximum atomic E-state index is 11.9. The Bertz CT molecular complexity index is 983. The minimum absolute atomic E-state index is 0.184. The lowest BCUT2D eigenvalue weighted by atomic mass is 10.2. The van der Waals surface area contributed by atoms with Crippen molar-refractivity contribution in [2.45, 2.75) is 0 Å². The molecule has 2 aliphatic rings. The van der Waals surface area contributed by atoms with Crippen LogP contribution in [0.4, 0.5) is 0 Å². The van der Waals surface area contributed by atoms with Crippen LogP contribution < -0.4 is 34.9 Å². The minimum Gasteiger partial charge on any atom is -0.454 e. The van der Waals surface area contributed by atoms with Crippen LogP contribution in [0.25, 0.3) is 12.2 Å². The van der Waals surface area contributed by atoms with E-state index in [-0.39, 0.29) is 25.4 Å². The first-order valence-corrected chi connectivity index (χ1v) is 10.6. The van der Waals surface area contributed by atoms with Crippen molar-refractivity contribution in [2.75, 3.05) is 39.8 Å². The number of ether oxygens (including phenoxy) is 4. The van der Waals surface area contributed by atoms with E-state index in [0.717, 1.165) is 11.1 Å². The molecular weight excluding hydrogens is 426 g/mol. The van der Waals surface area contributed by atoms with E-state index in [1.54, 1.807) is 12.2 Å². The number of carbonyl (C=O) groups excluding carboxylic acids is 2. The first-order chi connectivity index (χ1) is 16.2. The van der Waals surface area contributed by atoms with Gasteiger partial charge in [-0.2, -0.15) is 0 Å². The van der Waals surface area contributed by atoms with E-state index in [4.69, 9.17) is 18.9 Å². The SMILES string of the molecule is O=C(C=Cc1ccc2c(c1)OCO2)NCCNCCNC(=O)C=Cc1ccc2c(c1)OCO2. The summed E-state index contributed by atoms with van der Waals surface area (Å²) in [5.41, 5.74) is 1.71. The van der Waals surface area contributed by atoms with Crippen molar-refractivity contribution in [3.63, 3.8) is 0 Å². The number of benzene rings is 2. The van der Waals surface area contributed by atoms with E-state index in [0.29, 0.717) is 49.2 Å². The van der Waals surface area contributed by atoms with E-state index in [2.05, 4.69) is 16.0 Å². The summed E-state index contributed by atoms with van der Waals surface area (Å²) in [6.45, 7) is 2.57. The number of nitrogens with one attached hydrogen (secondary N) is 3. The molecule has 0 unspecified atom stereocenters. The maximum Gasteiger partial charge on any atom is 0.244 e. The summed E-state index contributed by atoms with van der Waals surface area (Å²) in [7, 11) is 0. The zero-order valence-electron chi connectivity index (χ0n) is 18.0. The normalized spacial score (nSPS) is 13.6. The molecule has 2 amide bonds. The molecule has 3 N–H and O–H groups in total. The molecule has 0 bridgehead atoms. The second-order valence-electron chi connectivity index (χ2n) is 7.22. The summed E-state index contributed by atoms with van der Waals surface area (Å²) < 4.78 is 21.2. The molecule has 2 aromatic carbocycles. The second-order valence-corrected chi connectivity index (χ2v) is 7.22. The largest absolute Gasteiger partial charge is 0.454 e. The van der Waals surface area contributed by atoms with Crippen molar-refractivity contribution in [3.05, 3.63) is 59.7 Å². The molecule has 2 aliphatic heterocycles. The van der Waals surface area contributed by atoms with Crippen molar-refractivity contribution in [3.8, 4) is 23.0 Å². The van der Waals surface area contributed by atoms with Gasteiger partial charge in [0.05, 0.1) is 0 Å². The Morgan fingerprint density at radius 1 is 0.667 bits per heavy atom. The van der Waals surface area contributed by atoms with Crippen molar-refractivity contribution < 1.29 is 28.5 Å². The third-order valence-corrected chi connectivity index (χ3v) is 4.85. The van der Waals surface area contributed by atoms with Gasteiger partial charge in [-0.05, 0) is 47.5 Å². The third kappa shape index (κ3) is 6.50. The van der Waals surface area contributed by atoms with Crippen molar-refractivity contribution in [1.29, 1.82) is 0 Å². The van der Waals surface area contributed by atoms with Crippen LogP contribution in [0.5, 0.6) is 23.0 Å². The highest BCUT2D eigenvalue weighted by Crippen LogP contribution is 2.33. The smallest absolute Gasteiger partial charge is 0.244 e. The van der Waals surface area contributed by atoms with Crippen molar-refractivity contribution in [1.82, 2.24) is 16.0 Å². The Kier molecular flexibility index (Phi) is 7.44. The standard InChI is InChI=1S/C24H25N3O6/c28-23(7-3-17-1-5-19-21(13-17)32-15-30-19)26-11-9-25-10-12-27-24(29)8-4-18-2-6-20-22(14-18)33-16-31-20/h1-8,13-14,25H,9-12,15-16H2,(H,26,28)(H,27,29). The van der Waals surface area contributed by atoms with Crippen LogP contribution in [0.3, 0.4) is 0 Å². The van der Waals surface area contributed by atoms with Crippen LogP contribution >= 0.6 is 0 Å². The van der Waals surface area contributed by atoms with Crippen LogP contribution in [0.2, 0.25) is 0 Å². The van der Waals surface area contributed by atoms with Crippen LogP contribution in [0, 0.1) is 0 Å². The second kappa shape index (κ2) is 11.1. The number of rotatable bonds is 10. The van der Waals surface area contributed by atoms with Gasteiger partial charge in [-0.1, -0.05) is 12.1 Å². The summed E-state index contributed by atoms with van der Waals surface area (Å²) >= 11 is 0. The highest BCUT2D eigenvalue weighted by atomic mass is 16.7. The molecule has 0 aliphatic carbocycles. The quantitative estimate of drug-likeness (QED) is 0.373. The van der Waals surface area contributed by atoms with Gasteiger partial charge in [0.15, 0.2) is 23.0 Å². The molecule has 2 aromatic rings. The average molecular weight is 451 g/mol. The molecular formula is C24H25N3O6. The summed E-state index contributed by atoms with van der Waals surface area (Å²) in [5, 5.41) is 8.76. The Hall–Kier alpha value is -3.98.